The van der Waals surface area contributed by atoms with E-state index >= 15 is 0 Å². The average molecular weight is 359 g/mol. The Balaban J connectivity index is 1.92. The average Bonchev–Trinajstić information content (AvgIpc) is 2.83. The third-order valence-corrected chi connectivity index (χ3v) is 5.50. The molecule has 21 heavy (non-hydrogen) atoms. The van der Waals surface area contributed by atoms with Crippen LogP contribution in [0.5, 0.6) is 0 Å². The van der Waals surface area contributed by atoms with Gasteiger partial charge in [-0.05, 0) is 48.4 Å². The summed E-state index contributed by atoms with van der Waals surface area (Å²) in [6, 6.07) is 10.4. The number of nitrogens with zero attached hydrogens (tertiary/aromatic N) is 2. The predicted octanol–water partition coefficient (Wildman–Crippen LogP) is 5.26. The lowest BCUT2D eigenvalue weighted by Crippen LogP contribution is -2.09. The van der Waals surface area contributed by atoms with Crippen molar-refractivity contribution in [2.45, 2.75) is 26.2 Å². The van der Waals surface area contributed by atoms with Crippen molar-refractivity contribution in [1.29, 1.82) is 5.26 Å². The summed E-state index contributed by atoms with van der Waals surface area (Å²) in [4.78, 5) is 5.92. The van der Waals surface area contributed by atoms with E-state index < -0.39 is 0 Å². The highest BCUT2D eigenvalue weighted by Gasteiger charge is 2.23. The number of halogens is 1. The molecule has 1 aliphatic rings. The van der Waals surface area contributed by atoms with Crippen molar-refractivity contribution in [2.24, 2.45) is 10.9 Å². The number of hydrogen-bond acceptors (Lipinski definition) is 3. The number of thiophene rings is 1. The fourth-order valence-electron chi connectivity index (χ4n) is 2.62. The summed E-state index contributed by atoms with van der Waals surface area (Å²) in [7, 11) is 0. The van der Waals surface area contributed by atoms with Crippen molar-refractivity contribution in [3.63, 3.8) is 0 Å². The Morgan fingerprint density at radius 2 is 2.14 bits per heavy atom. The van der Waals surface area contributed by atoms with Gasteiger partial charge in [0.2, 0.25) is 0 Å². The van der Waals surface area contributed by atoms with Crippen molar-refractivity contribution in [2.75, 3.05) is 0 Å². The smallest absolute Gasteiger partial charge is 0.134 e. The maximum atomic E-state index is 9.44. The van der Waals surface area contributed by atoms with E-state index in [9.17, 15) is 5.26 Å². The van der Waals surface area contributed by atoms with Gasteiger partial charge in [-0.2, -0.15) is 5.26 Å². The second-order valence-corrected chi connectivity index (χ2v) is 7.45. The highest BCUT2D eigenvalue weighted by atomic mass is 79.9. The fourth-order valence-corrected chi connectivity index (χ4v) is 4.19. The summed E-state index contributed by atoms with van der Waals surface area (Å²) in [5, 5.41) is 10.3. The zero-order valence-corrected chi connectivity index (χ0v) is 14.2. The largest absolute Gasteiger partial charge is 0.244 e. The molecule has 0 saturated heterocycles. The molecule has 1 aliphatic carbocycles. The van der Waals surface area contributed by atoms with Crippen LogP contribution in [0.15, 0.2) is 33.7 Å². The minimum Gasteiger partial charge on any atom is -0.244 e. The number of benzene rings is 1. The molecule has 4 heteroatoms. The van der Waals surface area contributed by atoms with Gasteiger partial charge in [0.1, 0.15) is 11.1 Å². The molecule has 0 radical (unpaired) electrons. The van der Waals surface area contributed by atoms with Crippen LogP contribution >= 0.6 is 27.3 Å². The highest BCUT2D eigenvalue weighted by Crippen LogP contribution is 2.40. The Bertz CT molecular complexity index is 722. The second-order valence-electron chi connectivity index (χ2n) is 5.45. The third-order valence-electron chi connectivity index (χ3n) is 3.81. The standard InChI is InChI=1S/C17H15BrN2S/c1-11-2-7-14-15(9-19)17(21-16(14)8-11)20-10-12-3-5-13(18)6-4-12/h3-6,10-11H,2,7-8H2,1H3/t11-/m0/s1. The molecule has 0 bridgehead atoms. The van der Waals surface area contributed by atoms with Gasteiger partial charge < -0.3 is 0 Å². The van der Waals surface area contributed by atoms with Gasteiger partial charge in [-0.1, -0.05) is 35.0 Å². The van der Waals surface area contributed by atoms with Crippen LogP contribution in [0.25, 0.3) is 0 Å². The maximum absolute atomic E-state index is 9.44. The molecule has 0 saturated carbocycles. The SMILES string of the molecule is C[C@H]1CCc2c(sc(N=Cc3ccc(Br)cc3)c2C#N)C1. The van der Waals surface area contributed by atoms with E-state index in [1.807, 2.05) is 30.5 Å². The first-order chi connectivity index (χ1) is 10.2. The van der Waals surface area contributed by atoms with Gasteiger partial charge in [0.25, 0.3) is 0 Å². The van der Waals surface area contributed by atoms with Crippen LogP contribution in [-0.2, 0) is 12.8 Å². The van der Waals surface area contributed by atoms with Crippen molar-refractivity contribution >= 4 is 38.5 Å². The van der Waals surface area contributed by atoms with Gasteiger partial charge in [0, 0.05) is 15.6 Å². The molecule has 0 N–H and O–H groups in total. The van der Waals surface area contributed by atoms with Crippen molar-refractivity contribution in [3.05, 3.63) is 50.3 Å². The molecule has 0 spiro atoms. The number of fused-ring (bicyclic) bond motifs is 1. The molecule has 0 unspecified atom stereocenters. The predicted molar refractivity (Wildman–Crippen MR) is 91.6 cm³/mol. The fraction of sp³-hybridized carbons (Fsp3) is 0.294. The number of nitriles is 1. The Kier molecular flexibility index (Phi) is 4.23. The zero-order chi connectivity index (χ0) is 14.8. The van der Waals surface area contributed by atoms with Gasteiger partial charge in [0.05, 0.1) is 5.56 Å². The first-order valence-electron chi connectivity index (χ1n) is 7.01. The summed E-state index contributed by atoms with van der Waals surface area (Å²) < 4.78 is 1.05. The molecular weight excluding hydrogens is 344 g/mol. The van der Waals surface area contributed by atoms with Gasteiger partial charge >= 0.3 is 0 Å². The van der Waals surface area contributed by atoms with Gasteiger partial charge in [-0.3, -0.25) is 0 Å². The van der Waals surface area contributed by atoms with E-state index in [0.717, 1.165) is 33.4 Å². The molecule has 1 heterocycles. The minimum absolute atomic E-state index is 0.714. The third kappa shape index (κ3) is 3.09. The van der Waals surface area contributed by atoms with Gasteiger partial charge in [-0.15, -0.1) is 11.3 Å². The number of rotatable bonds is 2. The Morgan fingerprint density at radius 3 is 2.86 bits per heavy atom. The molecule has 0 aliphatic heterocycles. The molecule has 0 fully saturated rings. The molecule has 1 aromatic heterocycles. The lowest BCUT2D eigenvalue weighted by molar-refractivity contribution is 0.507. The lowest BCUT2D eigenvalue weighted by atomic mass is 9.89. The normalized spacial score (nSPS) is 17.7. The van der Waals surface area contributed by atoms with E-state index in [2.05, 4.69) is 33.9 Å². The van der Waals surface area contributed by atoms with Crippen LogP contribution in [0, 0.1) is 17.2 Å². The summed E-state index contributed by atoms with van der Waals surface area (Å²) >= 11 is 5.11. The number of aliphatic imine (C=N–C) groups is 1. The minimum atomic E-state index is 0.714. The summed E-state index contributed by atoms with van der Waals surface area (Å²) in [5.41, 5.74) is 3.07. The van der Waals surface area contributed by atoms with Crippen molar-refractivity contribution in [1.82, 2.24) is 0 Å². The molecule has 3 rings (SSSR count). The molecular formula is C17H15BrN2S. The molecule has 0 amide bonds. The molecule has 106 valence electrons. The summed E-state index contributed by atoms with van der Waals surface area (Å²) in [6.45, 7) is 2.28. The van der Waals surface area contributed by atoms with Crippen LogP contribution in [-0.4, -0.2) is 6.21 Å². The van der Waals surface area contributed by atoms with Crippen LogP contribution in [0.3, 0.4) is 0 Å². The van der Waals surface area contributed by atoms with Gasteiger partial charge in [0.15, 0.2) is 0 Å². The first kappa shape index (κ1) is 14.5. The van der Waals surface area contributed by atoms with Crippen molar-refractivity contribution in [3.8, 4) is 6.07 Å². The quantitative estimate of drug-likeness (QED) is 0.674. The first-order valence-corrected chi connectivity index (χ1v) is 8.62. The number of hydrogen-bond donors (Lipinski definition) is 0. The van der Waals surface area contributed by atoms with Crippen LogP contribution in [0.2, 0.25) is 0 Å². The van der Waals surface area contributed by atoms with Crippen LogP contribution in [0.1, 0.15) is 34.9 Å². The molecule has 1 aromatic carbocycles. The topological polar surface area (TPSA) is 36.1 Å². The van der Waals surface area contributed by atoms with Gasteiger partial charge in [-0.25, -0.2) is 4.99 Å². The van der Waals surface area contributed by atoms with Crippen LogP contribution in [0.4, 0.5) is 5.00 Å². The lowest BCUT2D eigenvalue weighted by Gasteiger charge is -2.17. The maximum Gasteiger partial charge on any atom is 0.134 e. The Morgan fingerprint density at radius 1 is 1.38 bits per heavy atom. The monoisotopic (exact) mass is 358 g/mol. The summed E-state index contributed by atoms with van der Waals surface area (Å²) in [5.74, 6) is 0.714. The van der Waals surface area contributed by atoms with Crippen molar-refractivity contribution < 1.29 is 0 Å². The molecule has 1 atom stereocenters. The Hall–Kier alpha value is -1.44. The van der Waals surface area contributed by atoms with E-state index in [4.69, 9.17) is 0 Å². The molecule has 2 aromatic rings. The highest BCUT2D eigenvalue weighted by molar-refractivity contribution is 9.10. The van der Waals surface area contributed by atoms with E-state index in [0.29, 0.717) is 5.92 Å². The Labute approximate surface area is 137 Å². The summed E-state index contributed by atoms with van der Waals surface area (Å²) in [6.07, 6.45) is 5.12. The zero-order valence-electron chi connectivity index (χ0n) is 11.8. The van der Waals surface area contributed by atoms with E-state index in [-0.39, 0.29) is 0 Å². The van der Waals surface area contributed by atoms with E-state index in [1.165, 1.54) is 16.9 Å². The van der Waals surface area contributed by atoms with Crippen LogP contribution < -0.4 is 0 Å². The molecule has 2 nitrogen and oxygen atoms in total. The second kappa shape index (κ2) is 6.13. The van der Waals surface area contributed by atoms with E-state index in [1.54, 1.807) is 11.3 Å².